The molecule has 4 heterocycles. The minimum atomic E-state index is 0.206. The first kappa shape index (κ1) is 62.0. The van der Waals surface area contributed by atoms with Crippen LogP contribution in [0.15, 0.2) is 291 Å². The van der Waals surface area contributed by atoms with Gasteiger partial charge in [0.1, 0.15) is 0 Å². The highest BCUT2D eigenvalue weighted by molar-refractivity contribution is 6.13. The van der Waals surface area contributed by atoms with E-state index in [-0.39, 0.29) is 33.8 Å². The maximum absolute atomic E-state index is 10.6. The lowest BCUT2D eigenvalue weighted by Gasteiger charge is -2.19. The predicted octanol–water partition coefficient (Wildman–Crippen LogP) is 22.2. The Morgan fingerprint density at radius 3 is 1.02 bits per heavy atom. The van der Waals surface area contributed by atoms with Crippen LogP contribution in [0.3, 0.4) is 0 Å². The summed E-state index contributed by atoms with van der Waals surface area (Å²) in [6.07, 6.45) is 0. The van der Waals surface area contributed by atoms with Crippen LogP contribution >= 0.6 is 0 Å². The molecule has 0 aliphatic carbocycles. The van der Waals surface area contributed by atoms with E-state index < -0.39 is 0 Å². The second-order valence-corrected chi connectivity index (χ2v) is 24.8. The van der Waals surface area contributed by atoms with Crippen LogP contribution < -0.4 is 0 Å². The molecule has 0 saturated heterocycles. The molecule has 0 spiro atoms. The maximum Gasteiger partial charge on any atom is 0.197 e. The fourth-order valence-electron chi connectivity index (χ4n) is 14.0. The van der Waals surface area contributed by atoms with E-state index in [1.54, 1.807) is 6.07 Å². The fraction of sp³-hybridized carbons (Fsp3) is 0. The smallest absolute Gasteiger partial charge is 0.197 e. The van der Waals surface area contributed by atoms with E-state index in [0.29, 0.717) is 57.2 Å². The molecule has 0 fully saturated rings. The molecular weight excluding hydrogens is 1280 g/mol. The van der Waals surface area contributed by atoms with Gasteiger partial charge >= 0.3 is 0 Å². The van der Waals surface area contributed by atoms with Gasteiger partial charge in [-0.1, -0.05) is 218 Å². The minimum Gasteiger partial charge on any atom is -0.309 e. The molecule has 14 nitrogen and oxygen atoms in total. The van der Waals surface area contributed by atoms with Crippen molar-refractivity contribution in [3.63, 3.8) is 0 Å². The molecule has 0 amide bonds. The van der Waals surface area contributed by atoms with Crippen LogP contribution in [0.25, 0.3) is 182 Å². The highest BCUT2D eigenvalue weighted by Gasteiger charge is 2.25. The average Bonchev–Trinajstić information content (AvgIpc) is 1.57. The highest BCUT2D eigenvalue weighted by Crippen LogP contribution is 2.46. The Morgan fingerprint density at radius 2 is 0.625 bits per heavy atom. The summed E-state index contributed by atoms with van der Waals surface area (Å²) in [6, 6.07) is 102. The third-order valence-corrected chi connectivity index (χ3v) is 18.8. The minimum absolute atomic E-state index is 0.206. The molecule has 104 heavy (non-hydrogen) atoms. The van der Waals surface area contributed by atoms with Gasteiger partial charge in [-0.2, -0.15) is 15.8 Å². The molecule has 0 radical (unpaired) electrons. The zero-order valence-corrected chi connectivity index (χ0v) is 55.0. The van der Waals surface area contributed by atoms with Crippen molar-refractivity contribution in [2.24, 2.45) is 0 Å². The van der Waals surface area contributed by atoms with Crippen molar-refractivity contribution in [2.45, 2.75) is 0 Å². The van der Waals surface area contributed by atoms with Gasteiger partial charge in [-0.15, -0.1) is 0 Å². The van der Waals surface area contributed by atoms with Crippen molar-refractivity contribution in [3.05, 3.63) is 342 Å². The number of hydrogen-bond donors (Lipinski definition) is 0. The molecule has 0 aliphatic rings. The van der Waals surface area contributed by atoms with Gasteiger partial charge in [0.15, 0.2) is 52.0 Å². The highest BCUT2D eigenvalue weighted by atomic mass is 15.1. The van der Waals surface area contributed by atoms with Gasteiger partial charge in [0, 0.05) is 88.3 Å². The molecule has 14 heteroatoms. The summed E-state index contributed by atoms with van der Waals surface area (Å²) in [5, 5.41) is 34.6. The van der Waals surface area contributed by atoms with Crippen LogP contribution in [0.2, 0.25) is 0 Å². The zero-order valence-electron chi connectivity index (χ0n) is 55.0. The van der Waals surface area contributed by atoms with E-state index in [9.17, 15) is 15.8 Å². The summed E-state index contributed by atoms with van der Waals surface area (Å²) in [4.78, 5) is 42.3. The third kappa shape index (κ3) is 10.9. The first-order valence-corrected chi connectivity index (χ1v) is 33.2. The van der Waals surface area contributed by atoms with Crippen molar-refractivity contribution in [1.82, 2.24) is 39.0 Å². The largest absolute Gasteiger partial charge is 0.309 e. The first-order valence-electron chi connectivity index (χ1n) is 33.2. The van der Waals surface area contributed by atoms with Crippen LogP contribution in [0.4, 0.5) is 17.1 Å². The van der Waals surface area contributed by atoms with Crippen molar-refractivity contribution in [1.29, 1.82) is 15.8 Å². The Balaban J connectivity index is 0.910. The Hall–Kier alpha value is -15.6. The molecule has 0 atom stereocenters. The molecule has 17 aromatic rings. The van der Waals surface area contributed by atoms with E-state index in [2.05, 4.69) is 127 Å². The predicted molar refractivity (Wildman–Crippen MR) is 409 cm³/mol. The lowest BCUT2D eigenvalue weighted by Crippen LogP contribution is -2.03. The standard InChI is InChI=1S/C90H48N14/c1-94-68-46-67(54-93)84(76(51-68)96-3)63-38-42-80-74(48-63)72-32-17-19-34-78(72)104(80)82-50-65(90-101-87(58-25-12-6-13-26-58)98-88(102-90)59-27-14-7-15-28-59)36-40-70(82)61-30-20-29-60(45-61)69-39-35-64(89-99-85(56-21-8-4-9-22-56)97-86(100-89)57-23-10-5-11-24-57)49-81(69)103-77-33-18-16-31-71(77)73-47-62(37-41-79(73)103)83-66(53-92)43-55(52-91)44-75(83)95-2/h4-51H. The molecule has 0 bridgehead atoms. The summed E-state index contributed by atoms with van der Waals surface area (Å²) < 4.78 is 4.51. The van der Waals surface area contributed by atoms with Gasteiger partial charge in [-0.05, 0) is 95.1 Å². The van der Waals surface area contributed by atoms with E-state index >= 15 is 0 Å². The van der Waals surface area contributed by atoms with Crippen molar-refractivity contribution in [2.75, 3.05) is 0 Å². The van der Waals surface area contributed by atoms with E-state index in [1.807, 2.05) is 182 Å². The molecule has 0 N–H and O–H groups in total. The molecule has 478 valence electrons. The third-order valence-electron chi connectivity index (χ3n) is 18.8. The Labute approximate surface area is 596 Å². The molecule has 17 rings (SSSR count). The normalized spacial score (nSPS) is 11.0. The van der Waals surface area contributed by atoms with Crippen molar-refractivity contribution >= 4 is 60.7 Å². The SMILES string of the molecule is [C-]#[N+]c1cc(C#N)c(-c2ccc3c(c2)c2ccccc2n3-c2cc(-c3nc(-c4ccccc4)nc(-c4ccccc4)n3)ccc2-c2cccc(-c3ccc(-c4nc(-c5ccccc5)nc(-c5ccccc5)n4)cc3-n3c4ccccc4c4cc(-c5c(C#N)cc(C#N)cc5[N+]#[C-])ccc43)c2)c([N+]#[C-])c1. The average molecular weight is 1330 g/mol. The molecule has 0 saturated carbocycles. The Bertz CT molecular complexity index is 6090. The number of nitriles is 3. The molecule has 0 aliphatic heterocycles. The van der Waals surface area contributed by atoms with E-state index in [1.165, 1.54) is 18.2 Å². The topological polar surface area (TPSA) is 172 Å². The van der Waals surface area contributed by atoms with Crippen LogP contribution in [-0.4, -0.2) is 39.0 Å². The van der Waals surface area contributed by atoms with Gasteiger partial charge in [-0.3, -0.25) is 0 Å². The van der Waals surface area contributed by atoms with Crippen LogP contribution in [0, 0.1) is 53.7 Å². The summed E-state index contributed by atoms with van der Waals surface area (Å²) in [7, 11) is 0. The number of nitrogens with zero attached hydrogens (tertiary/aromatic N) is 14. The quantitative estimate of drug-likeness (QED) is 0.108. The Morgan fingerprint density at radius 1 is 0.269 bits per heavy atom. The summed E-state index contributed by atoms with van der Waals surface area (Å²) in [5.41, 5.74) is 16.9. The van der Waals surface area contributed by atoms with Gasteiger partial charge in [0.05, 0.1) is 76.9 Å². The number of hydrogen-bond acceptors (Lipinski definition) is 9. The fourth-order valence-corrected chi connectivity index (χ4v) is 14.0. The van der Waals surface area contributed by atoms with E-state index in [4.69, 9.17) is 49.6 Å². The monoisotopic (exact) mass is 1320 g/mol. The molecule has 4 aromatic heterocycles. The van der Waals surface area contributed by atoms with Gasteiger partial charge in [-0.25, -0.2) is 44.4 Å². The molecule has 13 aromatic carbocycles. The molecule has 0 unspecified atom stereocenters. The number of benzene rings is 13. The lowest BCUT2D eigenvalue weighted by molar-refractivity contribution is 1.07. The number of rotatable bonds is 12. The first-order chi connectivity index (χ1) is 51.3. The van der Waals surface area contributed by atoms with Gasteiger partial charge < -0.3 is 9.13 Å². The second kappa shape index (κ2) is 26.0. The van der Waals surface area contributed by atoms with Gasteiger partial charge in [0.25, 0.3) is 0 Å². The van der Waals surface area contributed by atoms with Crippen LogP contribution in [0.1, 0.15) is 16.7 Å². The van der Waals surface area contributed by atoms with Crippen LogP contribution in [0.5, 0.6) is 0 Å². The zero-order chi connectivity index (χ0) is 70.4. The summed E-state index contributed by atoms with van der Waals surface area (Å²) >= 11 is 0. The maximum atomic E-state index is 10.6. The van der Waals surface area contributed by atoms with E-state index in [0.717, 1.165) is 111 Å². The number of fused-ring (bicyclic) bond motifs is 6. The number of para-hydroxylation sites is 2. The lowest BCUT2D eigenvalue weighted by atomic mass is 9.94. The van der Waals surface area contributed by atoms with Crippen molar-refractivity contribution in [3.8, 4) is 142 Å². The molecular formula is C90H48N14. The summed E-state index contributed by atoms with van der Waals surface area (Å²) in [5.74, 6) is 2.98. The Kier molecular flexibility index (Phi) is 15.5. The number of aromatic nitrogens is 8. The van der Waals surface area contributed by atoms with Gasteiger partial charge in [0.2, 0.25) is 0 Å². The summed E-state index contributed by atoms with van der Waals surface area (Å²) in [6.45, 7) is 24.2. The van der Waals surface area contributed by atoms with Crippen LogP contribution in [-0.2, 0) is 0 Å². The van der Waals surface area contributed by atoms with Crippen molar-refractivity contribution < 1.29 is 0 Å². The second-order valence-electron chi connectivity index (χ2n) is 24.8.